The first kappa shape index (κ1) is 13.1. The molecule has 0 bridgehead atoms. The SMILES string of the molecule is Cc1nn(C)cc1C(=O)NCC1CCCCC1O. The summed E-state index contributed by atoms with van der Waals surface area (Å²) in [5.74, 6) is 0.0954. The number of nitrogens with zero attached hydrogens (tertiary/aromatic N) is 2. The molecule has 1 heterocycles. The van der Waals surface area contributed by atoms with Crippen molar-refractivity contribution in [2.75, 3.05) is 6.54 Å². The van der Waals surface area contributed by atoms with Gasteiger partial charge in [-0.15, -0.1) is 0 Å². The van der Waals surface area contributed by atoms with Gasteiger partial charge < -0.3 is 10.4 Å². The van der Waals surface area contributed by atoms with Gasteiger partial charge in [-0.2, -0.15) is 5.10 Å². The number of hydrogen-bond acceptors (Lipinski definition) is 3. The molecule has 2 rings (SSSR count). The first-order valence-electron chi connectivity index (χ1n) is 6.54. The fourth-order valence-corrected chi connectivity index (χ4v) is 2.57. The highest BCUT2D eigenvalue weighted by molar-refractivity contribution is 5.94. The van der Waals surface area contributed by atoms with Crippen LogP contribution in [0.1, 0.15) is 41.7 Å². The molecule has 1 aromatic heterocycles. The lowest BCUT2D eigenvalue weighted by Crippen LogP contribution is -2.36. The van der Waals surface area contributed by atoms with Crippen molar-refractivity contribution in [3.8, 4) is 0 Å². The first-order valence-corrected chi connectivity index (χ1v) is 6.54. The molecule has 1 aliphatic rings. The molecule has 0 spiro atoms. The Kier molecular flexibility index (Phi) is 4.01. The molecule has 2 N–H and O–H groups in total. The van der Waals surface area contributed by atoms with Gasteiger partial charge in [0, 0.05) is 25.7 Å². The smallest absolute Gasteiger partial charge is 0.254 e. The van der Waals surface area contributed by atoms with Gasteiger partial charge in [0.25, 0.3) is 5.91 Å². The summed E-state index contributed by atoms with van der Waals surface area (Å²) < 4.78 is 1.64. The Hall–Kier alpha value is -1.36. The first-order chi connectivity index (χ1) is 8.58. The third-order valence-electron chi connectivity index (χ3n) is 3.65. The zero-order valence-electron chi connectivity index (χ0n) is 11.0. The third-order valence-corrected chi connectivity index (χ3v) is 3.65. The molecule has 0 saturated heterocycles. The van der Waals surface area contributed by atoms with Gasteiger partial charge in [-0.1, -0.05) is 12.8 Å². The van der Waals surface area contributed by atoms with Crippen LogP contribution in [0.25, 0.3) is 0 Å². The lowest BCUT2D eigenvalue weighted by Gasteiger charge is -2.27. The van der Waals surface area contributed by atoms with Crippen LogP contribution in [0.3, 0.4) is 0 Å². The Bertz CT molecular complexity index is 428. The van der Waals surface area contributed by atoms with Crippen molar-refractivity contribution in [3.05, 3.63) is 17.5 Å². The van der Waals surface area contributed by atoms with E-state index in [1.165, 1.54) is 0 Å². The number of aliphatic hydroxyl groups is 1. The molecule has 18 heavy (non-hydrogen) atoms. The van der Waals surface area contributed by atoms with Crippen LogP contribution in [0.2, 0.25) is 0 Å². The fourth-order valence-electron chi connectivity index (χ4n) is 2.57. The van der Waals surface area contributed by atoms with Crippen LogP contribution in [-0.4, -0.2) is 33.4 Å². The maximum absolute atomic E-state index is 12.0. The van der Waals surface area contributed by atoms with Gasteiger partial charge in [-0.25, -0.2) is 0 Å². The van der Waals surface area contributed by atoms with Crippen LogP contribution in [0.5, 0.6) is 0 Å². The molecule has 0 radical (unpaired) electrons. The van der Waals surface area contributed by atoms with E-state index in [0.29, 0.717) is 12.1 Å². The third kappa shape index (κ3) is 2.90. The summed E-state index contributed by atoms with van der Waals surface area (Å²) >= 11 is 0. The lowest BCUT2D eigenvalue weighted by molar-refractivity contribution is 0.0663. The largest absolute Gasteiger partial charge is 0.393 e. The predicted molar refractivity (Wildman–Crippen MR) is 68.2 cm³/mol. The molecule has 1 saturated carbocycles. The summed E-state index contributed by atoms with van der Waals surface area (Å²) in [7, 11) is 1.80. The second-order valence-electron chi connectivity index (χ2n) is 5.12. The average Bonchev–Trinajstić information content (AvgIpc) is 2.67. The molecule has 2 atom stereocenters. The van der Waals surface area contributed by atoms with Gasteiger partial charge in [-0.05, 0) is 19.8 Å². The number of aromatic nitrogens is 2. The molecular weight excluding hydrogens is 230 g/mol. The van der Waals surface area contributed by atoms with E-state index in [4.69, 9.17) is 0 Å². The van der Waals surface area contributed by atoms with E-state index in [9.17, 15) is 9.90 Å². The maximum atomic E-state index is 12.0. The molecule has 0 aromatic carbocycles. The van der Waals surface area contributed by atoms with Crippen molar-refractivity contribution in [2.45, 2.75) is 38.7 Å². The number of rotatable bonds is 3. The normalized spacial score (nSPS) is 23.9. The molecule has 1 aliphatic carbocycles. The summed E-state index contributed by atoms with van der Waals surface area (Å²) in [5.41, 5.74) is 1.35. The molecule has 100 valence electrons. The number of amides is 1. The van der Waals surface area contributed by atoms with Gasteiger partial charge in [0.2, 0.25) is 0 Å². The van der Waals surface area contributed by atoms with Crippen LogP contribution < -0.4 is 5.32 Å². The maximum Gasteiger partial charge on any atom is 0.254 e. The van der Waals surface area contributed by atoms with Gasteiger partial charge in [-0.3, -0.25) is 9.48 Å². The highest BCUT2D eigenvalue weighted by Crippen LogP contribution is 2.23. The van der Waals surface area contributed by atoms with Crippen LogP contribution in [0, 0.1) is 12.8 Å². The Labute approximate surface area is 107 Å². The Balaban J connectivity index is 1.90. The standard InChI is InChI=1S/C13H21N3O2/c1-9-11(8-16(2)15-9)13(18)14-7-10-5-3-4-6-12(10)17/h8,10,12,17H,3-7H2,1-2H3,(H,14,18). The van der Waals surface area contributed by atoms with Crippen LogP contribution >= 0.6 is 0 Å². The fraction of sp³-hybridized carbons (Fsp3) is 0.692. The van der Waals surface area contributed by atoms with Crippen molar-refractivity contribution in [1.29, 1.82) is 0 Å². The quantitative estimate of drug-likeness (QED) is 0.842. The number of carbonyl (C=O) groups excluding carboxylic acids is 1. The molecule has 5 heteroatoms. The number of aliphatic hydroxyl groups excluding tert-OH is 1. The average molecular weight is 251 g/mol. The molecule has 2 unspecified atom stereocenters. The minimum absolute atomic E-state index is 0.0987. The summed E-state index contributed by atoms with van der Waals surface area (Å²) in [4.78, 5) is 12.0. The Morgan fingerprint density at radius 3 is 2.89 bits per heavy atom. The minimum Gasteiger partial charge on any atom is -0.393 e. The van der Waals surface area contributed by atoms with Crippen molar-refractivity contribution in [3.63, 3.8) is 0 Å². The number of carbonyl (C=O) groups is 1. The van der Waals surface area contributed by atoms with Crippen LogP contribution in [-0.2, 0) is 7.05 Å². The van der Waals surface area contributed by atoms with E-state index in [1.54, 1.807) is 17.9 Å². The number of aryl methyl sites for hydroxylation is 2. The summed E-state index contributed by atoms with van der Waals surface area (Å²) in [6, 6.07) is 0. The molecule has 5 nitrogen and oxygen atoms in total. The topological polar surface area (TPSA) is 67.2 Å². The van der Waals surface area contributed by atoms with Crippen molar-refractivity contribution in [2.24, 2.45) is 13.0 Å². The van der Waals surface area contributed by atoms with E-state index in [2.05, 4.69) is 10.4 Å². The molecule has 1 fully saturated rings. The zero-order valence-corrected chi connectivity index (χ0v) is 11.0. The van der Waals surface area contributed by atoms with Crippen LogP contribution in [0.4, 0.5) is 0 Å². The second-order valence-corrected chi connectivity index (χ2v) is 5.12. The predicted octanol–water partition coefficient (Wildman–Crippen LogP) is 1.01. The highest BCUT2D eigenvalue weighted by atomic mass is 16.3. The van der Waals surface area contributed by atoms with Crippen molar-refractivity contribution in [1.82, 2.24) is 15.1 Å². The van der Waals surface area contributed by atoms with Gasteiger partial charge >= 0.3 is 0 Å². The van der Waals surface area contributed by atoms with E-state index >= 15 is 0 Å². The van der Waals surface area contributed by atoms with Gasteiger partial charge in [0.1, 0.15) is 0 Å². The zero-order chi connectivity index (χ0) is 13.1. The Morgan fingerprint density at radius 2 is 2.28 bits per heavy atom. The lowest BCUT2D eigenvalue weighted by atomic mass is 9.86. The van der Waals surface area contributed by atoms with Gasteiger partial charge in [0.15, 0.2) is 0 Å². The monoisotopic (exact) mass is 251 g/mol. The Morgan fingerprint density at radius 1 is 1.56 bits per heavy atom. The molecule has 1 aromatic rings. The van der Waals surface area contributed by atoms with E-state index < -0.39 is 0 Å². The van der Waals surface area contributed by atoms with E-state index in [0.717, 1.165) is 31.4 Å². The van der Waals surface area contributed by atoms with Crippen molar-refractivity contribution >= 4 is 5.91 Å². The highest BCUT2D eigenvalue weighted by Gasteiger charge is 2.23. The van der Waals surface area contributed by atoms with E-state index in [1.807, 2.05) is 6.92 Å². The second kappa shape index (κ2) is 5.52. The van der Waals surface area contributed by atoms with Crippen LogP contribution in [0.15, 0.2) is 6.20 Å². The summed E-state index contributed by atoms with van der Waals surface area (Å²) in [6.45, 7) is 2.37. The van der Waals surface area contributed by atoms with Crippen molar-refractivity contribution < 1.29 is 9.90 Å². The van der Waals surface area contributed by atoms with Gasteiger partial charge in [0.05, 0.1) is 17.4 Å². The number of hydrogen-bond donors (Lipinski definition) is 2. The minimum atomic E-state index is -0.269. The van der Waals surface area contributed by atoms with E-state index in [-0.39, 0.29) is 17.9 Å². The molecule has 0 aliphatic heterocycles. The molecular formula is C13H21N3O2. The summed E-state index contributed by atoms with van der Waals surface area (Å²) in [5, 5.41) is 16.9. The molecule has 1 amide bonds. The summed E-state index contributed by atoms with van der Waals surface area (Å²) in [6.07, 6.45) is 5.53. The number of nitrogens with one attached hydrogen (secondary N) is 1.